The monoisotopic (exact) mass is 372 g/mol. The van der Waals surface area contributed by atoms with E-state index in [9.17, 15) is 14.7 Å². The lowest BCUT2D eigenvalue weighted by atomic mass is 10.1. The molecule has 0 heterocycles. The molecule has 2 aromatic rings. The Balaban J connectivity index is 2.30. The number of hydrogen-bond acceptors (Lipinski definition) is 3. The van der Waals surface area contributed by atoms with Crippen LogP contribution in [0, 0.1) is 6.92 Å². The largest absolute Gasteiger partial charge is 0.477 e. The summed E-state index contributed by atoms with van der Waals surface area (Å²) in [6, 6.07) is 11.2. The van der Waals surface area contributed by atoms with Crippen LogP contribution < -0.4 is 16.8 Å². The van der Waals surface area contributed by atoms with Gasteiger partial charge in [-0.1, -0.05) is 23.7 Å². The molecule has 8 heteroatoms. The number of guanidine groups is 1. The predicted octanol–water partition coefficient (Wildman–Crippen LogP) is 2.41. The standard InChI is InChI=1S/C18H17ClN4O3/c1-10-5-11(7-13(19)6-10)8-15(17(25)26)23-16(24)12-3-2-4-14(9-12)22-18(20)21/h2-9H,1H3,(H,23,24)(H,25,26)(H4,20,21,22)/b15-8+. The van der Waals surface area contributed by atoms with Crippen molar-refractivity contribution in [3.8, 4) is 0 Å². The molecular formula is C18H17ClN4O3. The quantitative estimate of drug-likeness (QED) is 0.363. The van der Waals surface area contributed by atoms with Crippen LogP contribution in [0.3, 0.4) is 0 Å². The van der Waals surface area contributed by atoms with E-state index in [1.54, 1.807) is 30.3 Å². The molecule has 0 aromatic heterocycles. The van der Waals surface area contributed by atoms with Crippen molar-refractivity contribution in [2.75, 3.05) is 0 Å². The number of carboxylic acids is 1. The van der Waals surface area contributed by atoms with Crippen molar-refractivity contribution >= 4 is 41.2 Å². The van der Waals surface area contributed by atoms with Crippen LogP contribution in [-0.4, -0.2) is 22.9 Å². The number of benzene rings is 2. The number of carboxylic acid groups (broad SMARTS) is 1. The van der Waals surface area contributed by atoms with Gasteiger partial charge in [0.25, 0.3) is 5.91 Å². The molecule has 0 aliphatic heterocycles. The van der Waals surface area contributed by atoms with Crippen LogP contribution in [0.1, 0.15) is 21.5 Å². The van der Waals surface area contributed by atoms with Crippen LogP contribution in [0.15, 0.2) is 53.2 Å². The van der Waals surface area contributed by atoms with E-state index < -0.39 is 11.9 Å². The second-order valence-electron chi connectivity index (χ2n) is 5.47. The number of hydrogen-bond donors (Lipinski definition) is 4. The third-order valence-electron chi connectivity index (χ3n) is 3.22. The Bertz CT molecular complexity index is 898. The second-order valence-corrected chi connectivity index (χ2v) is 5.90. The van der Waals surface area contributed by atoms with Gasteiger partial charge >= 0.3 is 5.97 Å². The van der Waals surface area contributed by atoms with Crippen LogP contribution in [-0.2, 0) is 4.79 Å². The lowest BCUT2D eigenvalue weighted by molar-refractivity contribution is -0.132. The smallest absolute Gasteiger partial charge is 0.352 e. The highest BCUT2D eigenvalue weighted by Crippen LogP contribution is 2.17. The van der Waals surface area contributed by atoms with E-state index in [-0.39, 0.29) is 17.2 Å². The molecule has 26 heavy (non-hydrogen) atoms. The maximum Gasteiger partial charge on any atom is 0.352 e. The van der Waals surface area contributed by atoms with E-state index in [2.05, 4.69) is 10.3 Å². The van der Waals surface area contributed by atoms with E-state index in [4.69, 9.17) is 23.1 Å². The number of carbonyl (C=O) groups excluding carboxylic acids is 1. The summed E-state index contributed by atoms with van der Waals surface area (Å²) in [5, 5.41) is 12.2. The fourth-order valence-electron chi connectivity index (χ4n) is 2.23. The fourth-order valence-corrected chi connectivity index (χ4v) is 2.52. The topological polar surface area (TPSA) is 131 Å². The average Bonchev–Trinajstić information content (AvgIpc) is 2.52. The van der Waals surface area contributed by atoms with Gasteiger partial charge in [0.2, 0.25) is 0 Å². The molecule has 0 bridgehead atoms. The Labute approximate surface area is 155 Å². The predicted molar refractivity (Wildman–Crippen MR) is 101 cm³/mol. The minimum absolute atomic E-state index is 0.148. The number of aliphatic imine (C=N–C) groups is 1. The summed E-state index contributed by atoms with van der Waals surface area (Å²) in [6.45, 7) is 1.83. The zero-order valence-corrected chi connectivity index (χ0v) is 14.6. The number of nitrogens with zero attached hydrogens (tertiary/aromatic N) is 1. The SMILES string of the molecule is Cc1cc(Cl)cc(/C=C(/NC(=O)c2cccc(N=C(N)N)c2)C(=O)O)c1. The maximum atomic E-state index is 12.4. The summed E-state index contributed by atoms with van der Waals surface area (Å²) in [4.78, 5) is 27.7. The number of aliphatic carboxylic acids is 1. The summed E-state index contributed by atoms with van der Waals surface area (Å²) < 4.78 is 0. The molecule has 0 saturated heterocycles. The first-order valence-electron chi connectivity index (χ1n) is 7.48. The molecule has 7 nitrogen and oxygen atoms in total. The number of aryl methyl sites for hydroxylation is 1. The van der Waals surface area contributed by atoms with Crippen LogP contribution in [0.2, 0.25) is 5.02 Å². The summed E-state index contributed by atoms with van der Waals surface area (Å²) in [5.74, 6) is -2.04. The first-order valence-corrected chi connectivity index (χ1v) is 7.85. The van der Waals surface area contributed by atoms with E-state index in [1.807, 2.05) is 6.92 Å². The van der Waals surface area contributed by atoms with Crippen molar-refractivity contribution in [3.05, 3.63) is 69.9 Å². The molecule has 134 valence electrons. The highest BCUT2D eigenvalue weighted by molar-refractivity contribution is 6.30. The van der Waals surface area contributed by atoms with Crippen LogP contribution in [0.25, 0.3) is 6.08 Å². The molecule has 0 fully saturated rings. The number of amides is 1. The second kappa shape index (κ2) is 8.17. The molecule has 6 N–H and O–H groups in total. The first-order chi connectivity index (χ1) is 12.2. The van der Waals surface area contributed by atoms with Gasteiger partial charge in [0.1, 0.15) is 5.70 Å². The van der Waals surface area contributed by atoms with Gasteiger partial charge in [0.15, 0.2) is 5.96 Å². The minimum Gasteiger partial charge on any atom is -0.477 e. The third-order valence-corrected chi connectivity index (χ3v) is 3.44. The van der Waals surface area contributed by atoms with E-state index >= 15 is 0 Å². The molecule has 0 unspecified atom stereocenters. The minimum atomic E-state index is -1.28. The normalized spacial score (nSPS) is 10.9. The lowest BCUT2D eigenvalue weighted by Crippen LogP contribution is -2.27. The summed E-state index contributed by atoms with van der Waals surface area (Å²) in [6.07, 6.45) is 1.33. The molecule has 2 rings (SSSR count). The van der Waals surface area contributed by atoms with Gasteiger partial charge in [-0.15, -0.1) is 0 Å². The van der Waals surface area contributed by atoms with Crippen molar-refractivity contribution in [1.29, 1.82) is 0 Å². The molecule has 1 amide bonds. The molecule has 0 atom stereocenters. The average molecular weight is 373 g/mol. The van der Waals surface area contributed by atoms with Crippen LogP contribution >= 0.6 is 11.6 Å². The van der Waals surface area contributed by atoms with Gasteiger partial charge < -0.3 is 21.9 Å². The fraction of sp³-hybridized carbons (Fsp3) is 0.0556. The van der Waals surface area contributed by atoms with Crippen LogP contribution in [0.4, 0.5) is 5.69 Å². The van der Waals surface area contributed by atoms with E-state index in [0.29, 0.717) is 16.3 Å². The van der Waals surface area contributed by atoms with Gasteiger partial charge in [-0.25, -0.2) is 9.79 Å². The van der Waals surface area contributed by atoms with Crippen molar-refractivity contribution in [2.45, 2.75) is 6.92 Å². The van der Waals surface area contributed by atoms with Gasteiger partial charge in [0, 0.05) is 10.6 Å². The van der Waals surface area contributed by atoms with Crippen molar-refractivity contribution in [2.24, 2.45) is 16.5 Å². The Kier molecular flexibility index (Phi) is 5.98. The maximum absolute atomic E-state index is 12.4. The molecule has 0 spiro atoms. The zero-order valence-electron chi connectivity index (χ0n) is 13.9. The van der Waals surface area contributed by atoms with Crippen molar-refractivity contribution in [1.82, 2.24) is 5.32 Å². The molecule has 0 radical (unpaired) electrons. The van der Waals surface area contributed by atoms with E-state index in [1.165, 1.54) is 18.2 Å². The Morgan fingerprint density at radius 1 is 1.19 bits per heavy atom. The third kappa shape index (κ3) is 5.35. The first kappa shape index (κ1) is 19.0. The molecular weight excluding hydrogens is 356 g/mol. The number of nitrogens with one attached hydrogen (secondary N) is 1. The Morgan fingerprint density at radius 3 is 2.54 bits per heavy atom. The highest BCUT2D eigenvalue weighted by atomic mass is 35.5. The van der Waals surface area contributed by atoms with Crippen molar-refractivity contribution < 1.29 is 14.7 Å². The Hall–Kier alpha value is -3.32. The molecule has 0 aliphatic rings. The number of carbonyl (C=O) groups is 2. The highest BCUT2D eigenvalue weighted by Gasteiger charge is 2.14. The van der Waals surface area contributed by atoms with Gasteiger partial charge in [-0.05, 0) is 54.5 Å². The number of halogens is 1. The summed E-state index contributed by atoms with van der Waals surface area (Å²) in [5.41, 5.74) is 12.3. The lowest BCUT2D eigenvalue weighted by Gasteiger charge is -2.07. The van der Waals surface area contributed by atoms with Crippen molar-refractivity contribution in [3.63, 3.8) is 0 Å². The summed E-state index contributed by atoms with van der Waals surface area (Å²) >= 11 is 5.98. The molecule has 2 aromatic carbocycles. The molecule has 0 saturated carbocycles. The number of nitrogens with two attached hydrogens (primary N) is 2. The summed E-state index contributed by atoms with van der Waals surface area (Å²) in [7, 11) is 0. The van der Waals surface area contributed by atoms with Gasteiger partial charge in [-0.3, -0.25) is 4.79 Å². The van der Waals surface area contributed by atoms with Gasteiger partial charge in [0.05, 0.1) is 5.69 Å². The molecule has 0 aliphatic carbocycles. The van der Waals surface area contributed by atoms with E-state index in [0.717, 1.165) is 5.56 Å². The zero-order chi connectivity index (χ0) is 19.3. The Morgan fingerprint density at radius 2 is 1.92 bits per heavy atom. The number of rotatable bonds is 5. The van der Waals surface area contributed by atoms with Gasteiger partial charge in [-0.2, -0.15) is 0 Å². The van der Waals surface area contributed by atoms with Crippen LogP contribution in [0.5, 0.6) is 0 Å².